The SMILES string of the molecule is C=C1[C@@H]2C[C@H](OC(C)=O)[C@H]3[C@@]4(C)[C@@H](OC(C)=O)C[C@H](O)C(C)(C)[C@H]4[C@@H](OC(C)=O)[C@H](O)[C@]3(C2)[C@@H]1OC(C)=O. The molecule has 4 saturated carbocycles. The summed E-state index contributed by atoms with van der Waals surface area (Å²) in [5, 5.41) is 23.5. The van der Waals surface area contributed by atoms with Crippen LogP contribution in [0.3, 0.4) is 0 Å². The molecule has 212 valence electrons. The maximum absolute atomic E-state index is 12.4. The van der Waals surface area contributed by atoms with Gasteiger partial charge >= 0.3 is 23.9 Å². The molecule has 0 heterocycles. The molecule has 2 N–H and O–H groups in total. The molecular weight excluding hydrogens is 496 g/mol. The van der Waals surface area contributed by atoms with Gasteiger partial charge in [0, 0.05) is 56.8 Å². The first kappa shape index (κ1) is 28.5. The Morgan fingerprint density at radius 1 is 0.816 bits per heavy atom. The fourth-order valence-electron chi connectivity index (χ4n) is 8.96. The molecule has 0 radical (unpaired) electrons. The highest BCUT2D eigenvalue weighted by Crippen LogP contribution is 2.73. The Bertz CT molecular complexity index is 1050. The molecule has 4 rings (SSSR count). The second-order valence-corrected chi connectivity index (χ2v) is 12.5. The lowest BCUT2D eigenvalue weighted by Crippen LogP contribution is -2.77. The van der Waals surface area contributed by atoms with Gasteiger partial charge in [-0.2, -0.15) is 0 Å². The van der Waals surface area contributed by atoms with Crippen molar-refractivity contribution < 1.29 is 48.3 Å². The number of esters is 4. The fraction of sp³-hybridized carbons (Fsp3) is 0.786. The lowest BCUT2D eigenvalue weighted by Gasteiger charge is -2.70. The summed E-state index contributed by atoms with van der Waals surface area (Å²) >= 11 is 0. The summed E-state index contributed by atoms with van der Waals surface area (Å²) in [4.78, 5) is 49.5. The molecule has 0 aliphatic heterocycles. The first-order chi connectivity index (χ1) is 17.5. The van der Waals surface area contributed by atoms with Gasteiger partial charge in [-0.05, 0) is 29.7 Å². The Labute approximate surface area is 223 Å². The number of aliphatic hydroxyl groups excluding tert-OH is 2. The Balaban J connectivity index is 2.06. The van der Waals surface area contributed by atoms with Crippen molar-refractivity contribution in [3.8, 4) is 0 Å². The molecule has 4 fully saturated rings. The predicted octanol–water partition coefficient (Wildman–Crippen LogP) is 2.08. The minimum atomic E-state index is -1.36. The number of fused-ring (bicyclic) bond motifs is 3. The van der Waals surface area contributed by atoms with Gasteiger partial charge in [0.1, 0.15) is 30.5 Å². The van der Waals surface area contributed by atoms with Crippen molar-refractivity contribution >= 4 is 23.9 Å². The third-order valence-corrected chi connectivity index (χ3v) is 9.95. The van der Waals surface area contributed by atoms with Crippen molar-refractivity contribution in [2.75, 3.05) is 0 Å². The number of ether oxygens (including phenoxy) is 4. The first-order valence-electron chi connectivity index (χ1n) is 13.2. The van der Waals surface area contributed by atoms with E-state index >= 15 is 0 Å². The van der Waals surface area contributed by atoms with Crippen LogP contribution in [0.1, 0.15) is 67.7 Å². The molecule has 10 nitrogen and oxygen atoms in total. The third kappa shape index (κ3) is 3.97. The zero-order valence-electron chi connectivity index (χ0n) is 23.2. The minimum Gasteiger partial charge on any atom is -0.462 e. The molecule has 0 saturated heterocycles. The molecular formula is C28H40O10. The van der Waals surface area contributed by atoms with Gasteiger partial charge in [-0.15, -0.1) is 0 Å². The Morgan fingerprint density at radius 3 is 1.89 bits per heavy atom. The predicted molar refractivity (Wildman–Crippen MR) is 132 cm³/mol. The zero-order chi connectivity index (χ0) is 28.5. The number of aliphatic hydroxyl groups is 2. The first-order valence-corrected chi connectivity index (χ1v) is 13.2. The van der Waals surface area contributed by atoms with Crippen LogP contribution in [0, 0.1) is 34.0 Å². The molecule has 0 aromatic rings. The van der Waals surface area contributed by atoms with Crippen molar-refractivity contribution in [3.63, 3.8) is 0 Å². The van der Waals surface area contributed by atoms with Gasteiger partial charge in [0.25, 0.3) is 0 Å². The summed E-state index contributed by atoms with van der Waals surface area (Å²) in [6.07, 6.45) is -5.21. The standard InChI is InChI=1S/C28H40O10/c1-12-17-9-18(35-13(2)29)22-27(8)20(36-14(3)30)10-19(33)26(6,7)23(27)21(37-15(4)31)24(34)28(22,11-17)25(12)38-16(5)32/h17-25,33-34H,1,9-11H2,2-8H3/t17-,18+,19+,20+,21-,22+,23-,24+,25-,27-,28-/m1/s1. The van der Waals surface area contributed by atoms with Gasteiger partial charge in [0.2, 0.25) is 0 Å². The number of carbonyl (C=O) groups excluding carboxylic acids is 4. The molecule has 1 spiro atoms. The van der Waals surface area contributed by atoms with Gasteiger partial charge in [-0.1, -0.05) is 27.4 Å². The molecule has 4 aliphatic rings. The van der Waals surface area contributed by atoms with E-state index in [1.807, 2.05) is 20.8 Å². The molecule has 0 unspecified atom stereocenters. The van der Waals surface area contributed by atoms with Crippen LogP contribution in [0.25, 0.3) is 0 Å². The third-order valence-electron chi connectivity index (χ3n) is 9.95. The van der Waals surface area contributed by atoms with Gasteiger partial charge in [-0.25, -0.2) is 0 Å². The monoisotopic (exact) mass is 536 g/mol. The largest absolute Gasteiger partial charge is 0.462 e. The second kappa shape index (κ2) is 9.33. The highest BCUT2D eigenvalue weighted by Gasteiger charge is 2.79. The van der Waals surface area contributed by atoms with Crippen LogP contribution in [-0.4, -0.2) is 70.7 Å². The smallest absolute Gasteiger partial charge is 0.303 e. The molecule has 0 aromatic carbocycles. The molecule has 38 heavy (non-hydrogen) atoms. The maximum atomic E-state index is 12.4. The van der Waals surface area contributed by atoms with Crippen LogP contribution in [0.4, 0.5) is 0 Å². The summed E-state index contributed by atoms with van der Waals surface area (Å²) in [6.45, 7) is 14.9. The van der Waals surface area contributed by atoms with Crippen LogP contribution in [0.15, 0.2) is 12.2 Å². The van der Waals surface area contributed by atoms with Gasteiger partial charge in [0.05, 0.1) is 6.10 Å². The van der Waals surface area contributed by atoms with Crippen LogP contribution in [-0.2, 0) is 38.1 Å². The number of carbonyl (C=O) groups is 4. The number of hydrogen-bond donors (Lipinski definition) is 2. The molecule has 0 aromatic heterocycles. The fourth-order valence-corrected chi connectivity index (χ4v) is 8.96. The van der Waals surface area contributed by atoms with Crippen molar-refractivity contribution in [2.45, 2.75) is 104 Å². The van der Waals surface area contributed by atoms with Gasteiger partial charge in [-0.3, -0.25) is 19.2 Å². The summed E-state index contributed by atoms with van der Waals surface area (Å²) in [7, 11) is 0. The summed E-state index contributed by atoms with van der Waals surface area (Å²) in [5.41, 5.74) is -2.66. The molecule has 4 aliphatic carbocycles. The normalized spacial score (nSPS) is 44.8. The van der Waals surface area contributed by atoms with E-state index in [4.69, 9.17) is 18.9 Å². The Kier molecular flexibility index (Phi) is 7.01. The highest BCUT2D eigenvalue weighted by atomic mass is 16.6. The molecule has 0 amide bonds. The lowest BCUT2D eigenvalue weighted by molar-refractivity contribution is -0.324. The van der Waals surface area contributed by atoms with Crippen molar-refractivity contribution in [1.29, 1.82) is 0 Å². The van der Waals surface area contributed by atoms with E-state index in [-0.39, 0.29) is 12.3 Å². The molecule has 10 heteroatoms. The van der Waals surface area contributed by atoms with E-state index in [0.29, 0.717) is 18.4 Å². The van der Waals surface area contributed by atoms with E-state index in [1.54, 1.807) is 0 Å². The van der Waals surface area contributed by atoms with E-state index in [0.717, 1.165) is 0 Å². The average Bonchev–Trinajstić information content (AvgIpc) is 2.96. The molecule has 11 atom stereocenters. The Morgan fingerprint density at radius 2 is 1.37 bits per heavy atom. The van der Waals surface area contributed by atoms with Gasteiger partial charge < -0.3 is 29.2 Å². The van der Waals surface area contributed by atoms with Crippen LogP contribution in [0.5, 0.6) is 0 Å². The lowest BCUT2D eigenvalue weighted by atomic mass is 9.37. The molecule has 2 bridgehead atoms. The van der Waals surface area contributed by atoms with Crippen molar-refractivity contribution in [3.05, 3.63) is 12.2 Å². The van der Waals surface area contributed by atoms with E-state index in [9.17, 15) is 29.4 Å². The van der Waals surface area contributed by atoms with Crippen LogP contribution in [0.2, 0.25) is 0 Å². The van der Waals surface area contributed by atoms with E-state index in [2.05, 4.69) is 6.58 Å². The maximum Gasteiger partial charge on any atom is 0.303 e. The topological polar surface area (TPSA) is 146 Å². The average molecular weight is 537 g/mol. The zero-order valence-corrected chi connectivity index (χ0v) is 23.2. The summed E-state index contributed by atoms with van der Waals surface area (Å²) in [6, 6.07) is 0. The minimum absolute atomic E-state index is 0.0877. The van der Waals surface area contributed by atoms with E-state index in [1.165, 1.54) is 27.7 Å². The van der Waals surface area contributed by atoms with Crippen LogP contribution >= 0.6 is 0 Å². The second-order valence-electron chi connectivity index (χ2n) is 12.5. The van der Waals surface area contributed by atoms with E-state index < -0.39 is 88.6 Å². The van der Waals surface area contributed by atoms with Crippen molar-refractivity contribution in [1.82, 2.24) is 0 Å². The summed E-state index contributed by atoms with van der Waals surface area (Å²) < 4.78 is 23.5. The number of rotatable bonds is 4. The number of hydrogen-bond acceptors (Lipinski definition) is 10. The van der Waals surface area contributed by atoms with Crippen LogP contribution < -0.4 is 0 Å². The summed E-state index contributed by atoms with van der Waals surface area (Å²) in [5.74, 6) is -3.92. The van der Waals surface area contributed by atoms with Gasteiger partial charge in [0.15, 0.2) is 0 Å². The highest BCUT2D eigenvalue weighted by molar-refractivity contribution is 5.68. The Hall–Kier alpha value is -2.46. The van der Waals surface area contributed by atoms with Crippen molar-refractivity contribution in [2.24, 2.45) is 34.0 Å². The quantitative estimate of drug-likeness (QED) is 0.311.